The van der Waals surface area contributed by atoms with E-state index in [1.807, 2.05) is 0 Å². The minimum absolute atomic E-state index is 0.00331. The second-order valence-electron chi connectivity index (χ2n) is 10.9. The molecule has 3 unspecified atom stereocenters. The molecule has 0 spiro atoms. The largest absolute Gasteiger partial charge is 0.459 e. The first-order valence-electron chi connectivity index (χ1n) is 12.6. The van der Waals surface area contributed by atoms with Crippen LogP contribution in [0.15, 0.2) is 47.6 Å². The fourth-order valence-corrected chi connectivity index (χ4v) is 7.78. The Balaban J connectivity index is 1.07. The first kappa shape index (κ1) is 21.6. The Labute approximate surface area is 192 Å². The highest BCUT2D eigenvalue weighted by atomic mass is 32.2. The van der Waals surface area contributed by atoms with Crippen molar-refractivity contribution in [2.75, 3.05) is 11.5 Å². The van der Waals surface area contributed by atoms with Gasteiger partial charge in [0.2, 0.25) is 0 Å². The van der Waals surface area contributed by atoms with Crippen molar-refractivity contribution in [3.8, 4) is 0 Å². The summed E-state index contributed by atoms with van der Waals surface area (Å²) in [5, 5.41) is 0. The Morgan fingerprint density at radius 1 is 1.13 bits per heavy atom. The first-order chi connectivity index (χ1) is 15.1. The van der Waals surface area contributed by atoms with Crippen LogP contribution >= 0.6 is 11.8 Å². The van der Waals surface area contributed by atoms with Gasteiger partial charge < -0.3 is 4.74 Å². The Hall–Kier alpha value is -1.22. The number of ether oxygens (including phenoxy) is 1. The molecule has 0 N–H and O–H groups in total. The molecule has 0 bridgehead atoms. The molecule has 5 aliphatic rings. The van der Waals surface area contributed by atoms with E-state index in [1.165, 1.54) is 62.5 Å². The number of carbonyl (C=O) groups excluding carboxylic acids is 1. The van der Waals surface area contributed by atoms with E-state index in [0.717, 1.165) is 30.4 Å². The van der Waals surface area contributed by atoms with Gasteiger partial charge >= 0.3 is 5.97 Å². The monoisotopic (exact) mass is 438 g/mol. The topological polar surface area (TPSA) is 26.3 Å². The van der Waals surface area contributed by atoms with Crippen LogP contribution in [0.2, 0.25) is 0 Å². The molecule has 0 amide bonds. The van der Waals surface area contributed by atoms with Crippen molar-refractivity contribution in [2.45, 2.75) is 76.7 Å². The molecule has 0 heterocycles. The van der Waals surface area contributed by atoms with Gasteiger partial charge in [0.05, 0.1) is 5.75 Å². The number of rotatable bonds is 5. The summed E-state index contributed by atoms with van der Waals surface area (Å²) < 4.78 is 6.06. The number of esters is 1. The summed E-state index contributed by atoms with van der Waals surface area (Å²) in [6, 6.07) is 0. The average molecular weight is 439 g/mol. The van der Waals surface area contributed by atoms with Gasteiger partial charge in [-0.2, -0.15) is 0 Å². The summed E-state index contributed by atoms with van der Waals surface area (Å²) >= 11 is 1.77. The molecule has 0 aromatic heterocycles. The zero-order chi connectivity index (χ0) is 21.3. The van der Waals surface area contributed by atoms with E-state index in [4.69, 9.17) is 4.74 Å². The Morgan fingerprint density at radius 2 is 2.00 bits per heavy atom. The highest BCUT2D eigenvalue weighted by molar-refractivity contribution is 7.99. The lowest BCUT2D eigenvalue weighted by molar-refractivity contribution is -0.161. The zero-order valence-corrected chi connectivity index (χ0v) is 19.9. The van der Waals surface area contributed by atoms with Gasteiger partial charge in [0.1, 0.15) is 5.60 Å². The van der Waals surface area contributed by atoms with E-state index in [2.05, 4.69) is 43.4 Å². The van der Waals surface area contributed by atoms with Crippen LogP contribution in [0.3, 0.4) is 0 Å². The molecule has 0 saturated heterocycles. The zero-order valence-electron chi connectivity index (χ0n) is 19.1. The Bertz CT molecular complexity index is 806. The van der Waals surface area contributed by atoms with Gasteiger partial charge in [-0.15, -0.1) is 11.8 Å². The summed E-state index contributed by atoms with van der Waals surface area (Å²) in [6.45, 7) is 2.18. The van der Waals surface area contributed by atoms with Gasteiger partial charge in [-0.05, 0) is 86.2 Å². The molecule has 6 atom stereocenters. The van der Waals surface area contributed by atoms with Crippen molar-refractivity contribution in [2.24, 2.45) is 29.6 Å². The molecule has 31 heavy (non-hydrogen) atoms. The van der Waals surface area contributed by atoms with Gasteiger partial charge in [0.25, 0.3) is 0 Å². The molecule has 5 rings (SSSR count). The maximum atomic E-state index is 12.6. The molecule has 0 aliphatic heterocycles. The van der Waals surface area contributed by atoms with Gasteiger partial charge in [-0.1, -0.05) is 62.1 Å². The minimum Gasteiger partial charge on any atom is -0.459 e. The molecule has 2 saturated carbocycles. The maximum Gasteiger partial charge on any atom is 0.316 e. The summed E-state index contributed by atoms with van der Waals surface area (Å²) in [6.07, 6.45) is 26.6. The van der Waals surface area contributed by atoms with E-state index >= 15 is 0 Å². The van der Waals surface area contributed by atoms with Crippen molar-refractivity contribution >= 4 is 17.7 Å². The van der Waals surface area contributed by atoms with E-state index in [-0.39, 0.29) is 11.6 Å². The predicted molar refractivity (Wildman–Crippen MR) is 130 cm³/mol. The average Bonchev–Trinajstić information content (AvgIpc) is 2.77. The Kier molecular flexibility index (Phi) is 6.51. The molecular weight excluding hydrogens is 400 g/mol. The van der Waals surface area contributed by atoms with Crippen LogP contribution in [0.4, 0.5) is 0 Å². The summed E-state index contributed by atoms with van der Waals surface area (Å²) in [5.74, 6) is 5.21. The number of carbonyl (C=O) groups is 1. The third-order valence-electron chi connectivity index (χ3n) is 8.56. The van der Waals surface area contributed by atoms with Crippen LogP contribution in [0, 0.1) is 29.6 Å². The van der Waals surface area contributed by atoms with Crippen LogP contribution < -0.4 is 0 Å². The smallest absolute Gasteiger partial charge is 0.316 e. The Morgan fingerprint density at radius 3 is 2.90 bits per heavy atom. The first-order valence-corrected chi connectivity index (χ1v) is 13.8. The van der Waals surface area contributed by atoms with E-state index in [0.29, 0.717) is 23.5 Å². The van der Waals surface area contributed by atoms with Gasteiger partial charge in [0, 0.05) is 5.75 Å². The molecule has 0 aromatic carbocycles. The third-order valence-corrected chi connectivity index (χ3v) is 9.66. The van der Waals surface area contributed by atoms with E-state index in [1.54, 1.807) is 11.8 Å². The van der Waals surface area contributed by atoms with Crippen LogP contribution in [0.25, 0.3) is 0 Å². The van der Waals surface area contributed by atoms with Crippen LogP contribution in [0.5, 0.6) is 0 Å². The molecule has 2 fully saturated rings. The normalized spacial score (nSPS) is 38.9. The highest BCUT2D eigenvalue weighted by Gasteiger charge is 2.41. The lowest BCUT2D eigenvalue weighted by atomic mass is 9.66. The SMILES string of the molecule is CC1(OC(=O)CSC[C@@H]2C=CC3=CC4=CC=CC[C@@H]4C[C@@H]3C2)CCC2CCCCC2C1. The molecule has 5 aliphatic carbocycles. The fraction of sp³-hybridized carbons (Fsp3) is 0.679. The van der Waals surface area contributed by atoms with Crippen LogP contribution in [-0.2, 0) is 9.53 Å². The van der Waals surface area contributed by atoms with Gasteiger partial charge in [-0.25, -0.2) is 0 Å². The van der Waals surface area contributed by atoms with Gasteiger partial charge in [-0.3, -0.25) is 4.79 Å². The second-order valence-corrected chi connectivity index (χ2v) is 12.0. The number of allylic oxidation sites excluding steroid dienone is 8. The van der Waals surface area contributed by atoms with Crippen molar-refractivity contribution < 1.29 is 9.53 Å². The van der Waals surface area contributed by atoms with Crippen molar-refractivity contribution in [3.05, 3.63) is 47.6 Å². The fourth-order valence-electron chi connectivity index (χ4n) is 6.88. The molecule has 3 heteroatoms. The van der Waals surface area contributed by atoms with Crippen LogP contribution in [-0.4, -0.2) is 23.1 Å². The predicted octanol–water partition coefficient (Wildman–Crippen LogP) is 7.04. The number of fused-ring (bicyclic) bond motifs is 3. The summed E-state index contributed by atoms with van der Waals surface area (Å²) in [5.41, 5.74) is 2.82. The lowest BCUT2D eigenvalue weighted by Crippen LogP contribution is -2.42. The number of thioether (sulfide) groups is 1. The van der Waals surface area contributed by atoms with Crippen molar-refractivity contribution in [1.29, 1.82) is 0 Å². The molecule has 0 radical (unpaired) electrons. The molecular formula is C28H38O2S. The number of hydrogen-bond donors (Lipinski definition) is 0. The van der Waals surface area contributed by atoms with E-state index in [9.17, 15) is 4.79 Å². The second kappa shape index (κ2) is 9.33. The maximum absolute atomic E-state index is 12.6. The van der Waals surface area contributed by atoms with Crippen molar-refractivity contribution in [3.63, 3.8) is 0 Å². The van der Waals surface area contributed by atoms with Crippen LogP contribution in [0.1, 0.15) is 71.1 Å². The van der Waals surface area contributed by atoms with E-state index < -0.39 is 0 Å². The summed E-state index contributed by atoms with van der Waals surface area (Å²) in [7, 11) is 0. The standard InChI is InChI=1S/C28H38O2S/c1-28(13-12-21-6-2-5-9-25(21)17-28)30-27(29)19-31-18-20-10-11-24-15-22-7-3-4-8-23(22)16-26(24)14-20/h3-4,7,10-11,15,20-21,23,25-26H,2,5-6,8-9,12-14,16-19H2,1H3/t20-,21?,23-,25?,26+,28?/m1/s1. The molecule has 0 aromatic rings. The third kappa shape index (κ3) is 5.07. The minimum atomic E-state index is -0.220. The lowest BCUT2D eigenvalue weighted by Gasteiger charge is -2.44. The summed E-state index contributed by atoms with van der Waals surface area (Å²) in [4.78, 5) is 12.6. The molecule has 2 nitrogen and oxygen atoms in total. The quantitative estimate of drug-likeness (QED) is 0.431. The molecule has 168 valence electrons. The van der Waals surface area contributed by atoms with Gasteiger partial charge in [0.15, 0.2) is 0 Å². The van der Waals surface area contributed by atoms with Crippen molar-refractivity contribution in [1.82, 2.24) is 0 Å². The number of hydrogen-bond acceptors (Lipinski definition) is 3. The highest BCUT2D eigenvalue weighted by Crippen LogP contribution is 2.46.